The van der Waals surface area contributed by atoms with Crippen LogP contribution in [0.5, 0.6) is 0 Å². The Balaban J connectivity index is 1.36. The topological polar surface area (TPSA) is 70.7 Å². The van der Waals surface area contributed by atoms with Gasteiger partial charge in [0.1, 0.15) is 12.0 Å². The standard InChI is InChI=1S/C26H31N7O/c1-19-7-6-8-20(15-19)27-16-22-24-9-4-5-12-33(24)26(29-22)32-17-23(28-18-32)25(34)31-13-10-21(11-14-31)30(2)3/h4-9,12,15,17-18,21,27H,10-11,13-14,16H2,1-3H3. The number of nitrogens with zero attached hydrogens (tertiary/aromatic N) is 6. The Morgan fingerprint density at radius 3 is 2.74 bits per heavy atom. The first kappa shape index (κ1) is 22.2. The summed E-state index contributed by atoms with van der Waals surface area (Å²) in [4.78, 5) is 26.6. The van der Waals surface area contributed by atoms with Crippen molar-refractivity contribution in [1.82, 2.24) is 28.7 Å². The molecule has 4 heterocycles. The van der Waals surface area contributed by atoms with Crippen LogP contribution in [-0.4, -0.2) is 67.9 Å². The lowest BCUT2D eigenvalue weighted by atomic mass is 10.0. The van der Waals surface area contributed by atoms with Crippen LogP contribution in [-0.2, 0) is 6.54 Å². The summed E-state index contributed by atoms with van der Waals surface area (Å²) < 4.78 is 3.87. The molecule has 3 aromatic heterocycles. The Morgan fingerprint density at radius 1 is 1.15 bits per heavy atom. The summed E-state index contributed by atoms with van der Waals surface area (Å²) >= 11 is 0. The van der Waals surface area contributed by atoms with Crippen molar-refractivity contribution in [3.05, 3.63) is 78.1 Å². The second-order valence-electron chi connectivity index (χ2n) is 9.19. The van der Waals surface area contributed by atoms with E-state index in [2.05, 4.69) is 60.5 Å². The summed E-state index contributed by atoms with van der Waals surface area (Å²) in [5.74, 6) is 0.702. The van der Waals surface area contributed by atoms with Crippen molar-refractivity contribution in [2.75, 3.05) is 32.5 Å². The molecule has 1 aliphatic rings. The van der Waals surface area contributed by atoms with Gasteiger partial charge in [0.05, 0.1) is 17.8 Å². The molecule has 1 saturated heterocycles. The molecular weight excluding hydrogens is 426 g/mol. The molecule has 1 aromatic carbocycles. The number of amides is 1. The van der Waals surface area contributed by atoms with Crippen molar-refractivity contribution < 1.29 is 4.79 Å². The molecule has 8 heteroatoms. The van der Waals surface area contributed by atoms with Crippen LogP contribution >= 0.6 is 0 Å². The van der Waals surface area contributed by atoms with Crippen LogP contribution in [0, 0.1) is 6.92 Å². The van der Waals surface area contributed by atoms with Crippen molar-refractivity contribution in [3.63, 3.8) is 0 Å². The van der Waals surface area contributed by atoms with Gasteiger partial charge in [-0.1, -0.05) is 18.2 Å². The van der Waals surface area contributed by atoms with Gasteiger partial charge in [0, 0.05) is 37.2 Å². The molecule has 0 radical (unpaired) electrons. The number of carbonyl (C=O) groups excluding carboxylic acids is 1. The summed E-state index contributed by atoms with van der Waals surface area (Å²) in [7, 11) is 4.20. The molecule has 0 unspecified atom stereocenters. The zero-order valence-electron chi connectivity index (χ0n) is 20.0. The fraction of sp³-hybridized carbons (Fsp3) is 0.346. The normalized spacial score (nSPS) is 14.8. The van der Waals surface area contributed by atoms with Crippen molar-refractivity contribution in [1.29, 1.82) is 0 Å². The largest absolute Gasteiger partial charge is 0.379 e. The van der Waals surface area contributed by atoms with Crippen LogP contribution in [0.2, 0.25) is 0 Å². The van der Waals surface area contributed by atoms with Gasteiger partial charge in [0.15, 0.2) is 0 Å². The van der Waals surface area contributed by atoms with E-state index in [1.54, 1.807) is 12.5 Å². The van der Waals surface area contributed by atoms with Crippen molar-refractivity contribution >= 4 is 17.1 Å². The minimum Gasteiger partial charge on any atom is -0.379 e. The van der Waals surface area contributed by atoms with Crippen LogP contribution in [0.15, 0.2) is 61.2 Å². The predicted molar refractivity (Wildman–Crippen MR) is 133 cm³/mol. The number of hydrogen-bond donors (Lipinski definition) is 1. The lowest BCUT2D eigenvalue weighted by Gasteiger charge is -2.34. The molecule has 1 amide bonds. The number of rotatable bonds is 6. The average Bonchev–Trinajstić information content (AvgIpc) is 3.48. The molecule has 34 heavy (non-hydrogen) atoms. The van der Waals surface area contributed by atoms with E-state index in [0.29, 0.717) is 18.3 Å². The maximum Gasteiger partial charge on any atom is 0.274 e. The van der Waals surface area contributed by atoms with Gasteiger partial charge in [-0.15, -0.1) is 0 Å². The third-order valence-corrected chi connectivity index (χ3v) is 6.60. The highest BCUT2D eigenvalue weighted by Gasteiger charge is 2.26. The predicted octanol–water partition coefficient (Wildman–Crippen LogP) is 3.61. The number of fused-ring (bicyclic) bond motifs is 1. The van der Waals surface area contributed by atoms with Crippen LogP contribution in [0.3, 0.4) is 0 Å². The van der Waals surface area contributed by atoms with Crippen molar-refractivity contribution in [3.8, 4) is 5.95 Å². The molecule has 0 spiro atoms. The minimum absolute atomic E-state index is 0.0156. The number of imidazole rings is 2. The van der Waals surface area contributed by atoms with E-state index < -0.39 is 0 Å². The SMILES string of the molecule is Cc1cccc(NCc2nc(-n3cnc(C(=O)N4CCC(N(C)C)CC4)c3)n3ccccc23)c1. The van der Waals surface area contributed by atoms with Gasteiger partial charge in [-0.05, 0) is 63.7 Å². The maximum atomic E-state index is 13.1. The van der Waals surface area contributed by atoms with Gasteiger partial charge in [0.25, 0.3) is 5.91 Å². The number of benzene rings is 1. The molecule has 4 aromatic rings. The summed E-state index contributed by atoms with van der Waals surface area (Å²) in [5, 5.41) is 3.47. The third-order valence-electron chi connectivity index (χ3n) is 6.60. The van der Waals surface area contributed by atoms with E-state index in [1.165, 1.54) is 5.56 Å². The number of pyridine rings is 1. The molecular formula is C26H31N7O. The number of piperidine rings is 1. The first-order valence-electron chi connectivity index (χ1n) is 11.8. The van der Waals surface area contributed by atoms with Crippen LogP contribution in [0.25, 0.3) is 11.5 Å². The highest BCUT2D eigenvalue weighted by Crippen LogP contribution is 2.20. The van der Waals surface area contributed by atoms with Crippen LogP contribution < -0.4 is 5.32 Å². The molecule has 176 valence electrons. The van der Waals surface area contributed by atoms with E-state index in [9.17, 15) is 4.79 Å². The van der Waals surface area contributed by atoms with Gasteiger partial charge in [-0.3, -0.25) is 13.8 Å². The molecule has 1 aliphatic heterocycles. The quantitative estimate of drug-likeness (QED) is 0.479. The molecule has 0 saturated carbocycles. The Bertz CT molecular complexity index is 1300. The minimum atomic E-state index is -0.0156. The van der Waals surface area contributed by atoms with E-state index in [-0.39, 0.29) is 5.91 Å². The zero-order valence-corrected chi connectivity index (χ0v) is 20.0. The highest BCUT2D eigenvalue weighted by molar-refractivity contribution is 5.92. The molecule has 0 bridgehead atoms. The highest BCUT2D eigenvalue weighted by atomic mass is 16.2. The zero-order chi connectivity index (χ0) is 23.7. The summed E-state index contributed by atoms with van der Waals surface area (Å²) in [5.41, 5.74) is 4.68. The first-order valence-corrected chi connectivity index (χ1v) is 11.8. The van der Waals surface area contributed by atoms with Gasteiger partial charge < -0.3 is 15.1 Å². The number of aryl methyl sites for hydroxylation is 1. The fourth-order valence-electron chi connectivity index (χ4n) is 4.63. The second kappa shape index (κ2) is 9.30. The molecule has 8 nitrogen and oxygen atoms in total. The Labute approximate surface area is 199 Å². The van der Waals surface area contributed by atoms with Crippen LogP contribution in [0.1, 0.15) is 34.6 Å². The van der Waals surface area contributed by atoms with Gasteiger partial charge >= 0.3 is 0 Å². The maximum absolute atomic E-state index is 13.1. The number of likely N-dealkylation sites (tertiary alicyclic amines) is 1. The molecule has 1 fully saturated rings. The number of nitrogens with one attached hydrogen (secondary N) is 1. The van der Waals surface area contributed by atoms with Gasteiger partial charge in [-0.2, -0.15) is 0 Å². The van der Waals surface area contributed by atoms with E-state index in [4.69, 9.17) is 4.98 Å². The lowest BCUT2D eigenvalue weighted by molar-refractivity contribution is 0.0658. The van der Waals surface area contributed by atoms with E-state index in [0.717, 1.165) is 48.8 Å². The third kappa shape index (κ3) is 4.41. The molecule has 0 aliphatic carbocycles. The van der Waals surface area contributed by atoms with Crippen LogP contribution in [0.4, 0.5) is 5.69 Å². The van der Waals surface area contributed by atoms with Gasteiger partial charge in [-0.25, -0.2) is 9.97 Å². The first-order chi connectivity index (χ1) is 16.5. The number of anilines is 1. The number of aromatic nitrogens is 4. The monoisotopic (exact) mass is 457 g/mol. The molecule has 5 rings (SSSR count). The van der Waals surface area contributed by atoms with E-state index >= 15 is 0 Å². The second-order valence-corrected chi connectivity index (χ2v) is 9.19. The number of carbonyl (C=O) groups is 1. The van der Waals surface area contributed by atoms with Crippen molar-refractivity contribution in [2.45, 2.75) is 32.4 Å². The number of hydrogen-bond acceptors (Lipinski definition) is 5. The molecule has 0 atom stereocenters. The van der Waals surface area contributed by atoms with E-state index in [1.807, 2.05) is 38.3 Å². The average molecular weight is 458 g/mol. The Kier molecular flexibility index (Phi) is 6.06. The fourth-order valence-corrected chi connectivity index (χ4v) is 4.63. The Hall–Kier alpha value is -3.65. The summed E-state index contributed by atoms with van der Waals surface area (Å²) in [6.07, 6.45) is 7.43. The molecule has 1 N–H and O–H groups in total. The summed E-state index contributed by atoms with van der Waals surface area (Å²) in [6.45, 7) is 4.20. The van der Waals surface area contributed by atoms with Gasteiger partial charge in [0.2, 0.25) is 5.95 Å². The Morgan fingerprint density at radius 2 is 1.97 bits per heavy atom. The lowest BCUT2D eigenvalue weighted by Crippen LogP contribution is -2.44. The smallest absolute Gasteiger partial charge is 0.274 e. The summed E-state index contributed by atoms with van der Waals surface area (Å²) in [6, 6.07) is 14.9. The van der Waals surface area contributed by atoms with Crippen molar-refractivity contribution in [2.24, 2.45) is 0 Å².